The minimum Gasteiger partial charge on any atom is -0.478 e. The van der Waals surface area contributed by atoms with Crippen molar-refractivity contribution in [1.82, 2.24) is 9.97 Å². The third-order valence-electron chi connectivity index (χ3n) is 1.15. The molecule has 0 bridgehead atoms. The minimum absolute atomic E-state index is 0.580. The van der Waals surface area contributed by atoms with Crippen LogP contribution in [-0.2, 0) is 0 Å². The Morgan fingerprint density at radius 1 is 1.64 bits per heavy atom. The van der Waals surface area contributed by atoms with Crippen molar-refractivity contribution in [2.45, 2.75) is 6.92 Å². The summed E-state index contributed by atoms with van der Waals surface area (Å²) < 4.78 is 5.16. The topological polar surface area (TPSA) is 47.0 Å². The molecule has 4 heteroatoms. The quantitative estimate of drug-likeness (QED) is 0.701. The van der Waals surface area contributed by atoms with Gasteiger partial charge < -0.3 is 10.1 Å². The fourth-order valence-corrected chi connectivity index (χ4v) is 0.691. The predicted octanol–water partition coefficient (Wildman–Crippen LogP) is 0.917. The smallest absolute Gasteiger partial charge is 0.225 e. The van der Waals surface area contributed by atoms with Gasteiger partial charge in [0.05, 0.1) is 6.61 Å². The van der Waals surface area contributed by atoms with Crippen molar-refractivity contribution in [3.63, 3.8) is 0 Å². The maximum absolute atomic E-state index is 5.16. The number of ether oxygens (including phenoxy) is 1. The molecule has 1 heterocycles. The van der Waals surface area contributed by atoms with Crippen LogP contribution in [0, 0.1) is 0 Å². The van der Waals surface area contributed by atoms with E-state index in [1.54, 1.807) is 19.3 Å². The first-order chi connectivity index (χ1) is 5.36. The first-order valence-corrected chi connectivity index (χ1v) is 3.50. The van der Waals surface area contributed by atoms with Crippen LogP contribution in [0.15, 0.2) is 12.3 Å². The second-order valence-electron chi connectivity index (χ2n) is 1.90. The Labute approximate surface area is 65.6 Å². The molecule has 1 rings (SSSR count). The van der Waals surface area contributed by atoms with Crippen LogP contribution in [0.5, 0.6) is 5.88 Å². The Kier molecular flexibility index (Phi) is 2.66. The number of nitrogens with zero attached hydrogens (tertiary/aromatic N) is 2. The summed E-state index contributed by atoms with van der Waals surface area (Å²) in [6.45, 7) is 2.54. The third kappa shape index (κ3) is 2.07. The summed E-state index contributed by atoms with van der Waals surface area (Å²) in [5, 5.41) is 2.82. The summed E-state index contributed by atoms with van der Waals surface area (Å²) in [5.41, 5.74) is 0. The molecule has 0 spiro atoms. The Morgan fingerprint density at radius 3 is 3.09 bits per heavy atom. The van der Waals surface area contributed by atoms with Crippen molar-refractivity contribution >= 4 is 5.95 Å². The summed E-state index contributed by atoms with van der Waals surface area (Å²) in [6.07, 6.45) is 1.66. The van der Waals surface area contributed by atoms with Crippen LogP contribution in [0.3, 0.4) is 0 Å². The van der Waals surface area contributed by atoms with Gasteiger partial charge in [-0.3, -0.25) is 0 Å². The monoisotopic (exact) mass is 153 g/mol. The molecule has 0 saturated heterocycles. The molecule has 0 aliphatic rings. The summed E-state index contributed by atoms with van der Waals surface area (Å²) in [5.74, 6) is 1.18. The molecule has 60 valence electrons. The molecule has 0 amide bonds. The van der Waals surface area contributed by atoms with E-state index in [1.807, 2.05) is 6.92 Å². The molecule has 1 aromatic rings. The highest BCUT2D eigenvalue weighted by atomic mass is 16.5. The lowest BCUT2D eigenvalue weighted by Crippen LogP contribution is -1.99. The first-order valence-electron chi connectivity index (χ1n) is 3.50. The maximum Gasteiger partial charge on any atom is 0.225 e. The van der Waals surface area contributed by atoms with E-state index in [-0.39, 0.29) is 0 Å². The van der Waals surface area contributed by atoms with Crippen molar-refractivity contribution in [3.8, 4) is 5.88 Å². The Morgan fingerprint density at radius 2 is 2.45 bits per heavy atom. The average molecular weight is 153 g/mol. The van der Waals surface area contributed by atoms with Crippen molar-refractivity contribution in [3.05, 3.63) is 12.3 Å². The SMILES string of the molecule is CCOc1ccnc(NC)n1. The maximum atomic E-state index is 5.16. The van der Waals surface area contributed by atoms with Crippen molar-refractivity contribution < 1.29 is 4.74 Å². The van der Waals surface area contributed by atoms with Gasteiger partial charge >= 0.3 is 0 Å². The van der Waals surface area contributed by atoms with Crippen LogP contribution in [-0.4, -0.2) is 23.6 Å². The molecule has 0 aromatic carbocycles. The molecule has 0 aliphatic carbocycles. The van der Waals surface area contributed by atoms with E-state index in [9.17, 15) is 0 Å². The lowest BCUT2D eigenvalue weighted by molar-refractivity contribution is 0.326. The fourth-order valence-electron chi connectivity index (χ4n) is 0.691. The average Bonchev–Trinajstić information content (AvgIpc) is 2.06. The van der Waals surface area contributed by atoms with Gasteiger partial charge in [-0.25, -0.2) is 4.98 Å². The van der Waals surface area contributed by atoms with Crippen LogP contribution in [0.25, 0.3) is 0 Å². The summed E-state index contributed by atoms with van der Waals surface area (Å²) >= 11 is 0. The summed E-state index contributed by atoms with van der Waals surface area (Å²) in [6, 6.07) is 1.73. The molecule has 1 aromatic heterocycles. The zero-order valence-corrected chi connectivity index (χ0v) is 6.66. The Hall–Kier alpha value is -1.32. The van der Waals surface area contributed by atoms with E-state index in [1.165, 1.54) is 0 Å². The molecule has 4 nitrogen and oxygen atoms in total. The van der Waals surface area contributed by atoms with Gasteiger partial charge in [0.25, 0.3) is 0 Å². The van der Waals surface area contributed by atoms with E-state index in [2.05, 4.69) is 15.3 Å². The number of nitrogens with one attached hydrogen (secondary N) is 1. The lowest BCUT2D eigenvalue weighted by Gasteiger charge is -2.02. The summed E-state index contributed by atoms with van der Waals surface area (Å²) in [7, 11) is 1.77. The second-order valence-corrected chi connectivity index (χ2v) is 1.90. The van der Waals surface area contributed by atoms with Gasteiger partial charge in [0.15, 0.2) is 0 Å². The van der Waals surface area contributed by atoms with E-state index in [0.29, 0.717) is 18.4 Å². The Bertz CT molecular complexity index is 227. The van der Waals surface area contributed by atoms with E-state index in [0.717, 1.165) is 0 Å². The van der Waals surface area contributed by atoms with Gasteiger partial charge in [0.1, 0.15) is 0 Å². The van der Waals surface area contributed by atoms with Gasteiger partial charge in [0, 0.05) is 19.3 Å². The fraction of sp³-hybridized carbons (Fsp3) is 0.429. The highest BCUT2D eigenvalue weighted by molar-refractivity contribution is 5.25. The largest absolute Gasteiger partial charge is 0.478 e. The lowest BCUT2D eigenvalue weighted by atomic mass is 10.6. The molecule has 0 fully saturated rings. The number of rotatable bonds is 3. The number of hydrogen-bond acceptors (Lipinski definition) is 4. The molecular weight excluding hydrogens is 142 g/mol. The Balaban J connectivity index is 2.74. The first kappa shape index (κ1) is 7.78. The van der Waals surface area contributed by atoms with Gasteiger partial charge in [-0.15, -0.1) is 0 Å². The zero-order chi connectivity index (χ0) is 8.10. The third-order valence-corrected chi connectivity index (χ3v) is 1.15. The molecule has 0 unspecified atom stereocenters. The van der Waals surface area contributed by atoms with Crippen molar-refractivity contribution in [2.75, 3.05) is 19.0 Å². The predicted molar refractivity (Wildman–Crippen MR) is 42.7 cm³/mol. The van der Waals surface area contributed by atoms with E-state index < -0.39 is 0 Å². The molecule has 0 atom stereocenters. The van der Waals surface area contributed by atoms with Crippen LogP contribution in [0.1, 0.15) is 6.92 Å². The minimum atomic E-state index is 0.580. The number of aromatic nitrogens is 2. The standard InChI is InChI=1S/C7H11N3O/c1-3-11-6-4-5-9-7(8-2)10-6/h4-5H,3H2,1-2H3,(H,8,9,10). The molecule has 0 radical (unpaired) electrons. The van der Waals surface area contributed by atoms with Crippen molar-refractivity contribution in [1.29, 1.82) is 0 Å². The van der Waals surface area contributed by atoms with Gasteiger partial charge in [-0.2, -0.15) is 4.98 Å². The van der Waals surface area contributed by atoms with Gasteiger partial charge in [-0.05, 0) is 6.92 Å². The number of anilines is 1. The van der Waals surface area contributed by atoms with E-state index >= 15 is 0 Å². The molecular formula is C7H11N3O. The van der Waals surface area contributed by atoms with Crippen molar-refractivity contribution in [2.24, 2.45) is 0 Å². The second kappa shape index (κ2) is 3.75. The van der Waals surface area contributed by atoms with E-state index in [4.69, 9.17) is 4.74 Å². The number of hydrogen-bond donors (Lipinski definition) is 1. The van der Waals surface area contributed by atoms with Crippen LogP contribution in [0.2, 0.25) is 0 Å². The highest BCUT2D eigenvalue weighted by Gasteiger charge is 1.94. The summed E-state index contributed by atoms with van der Waals surface area (Å²) in [4.78, 5) is 7.97. The van der Waals surface area contributed by atoms with Gasteiger partial charge in [-0.1, -0.05) is 0 Å². The van der Waals surface area contributed by atoms with Crippen LogP contribution < -0.4 is 10.1 Å². The molecule has 1 N–H and O–H groups in total. The molecule has 0 aliphatic heterocycles. The van der Waals surface area contributed by atoms with Gasteiger partial charge in [0.2, 0.25) is 11.8 Å². The molecule has 0 saturated carbocycles. The highest BCUT2D eigenvalue weighted by Crippen LogP contribution is 2.06. The van der Waals surface area contributed by atoms with Crippen LogP contribution >= 0.6 is 0 Å². The zero-order valence-electron chi connectivity index (χ0n) is 6.66. The molecule has 11 heavy (non-hydrogen) atoms. The van der Waals surface area contributed by atoms with Crippen LogP contribution in [0.4, 0.5) is 5.95 Å². The normalized spacial score (nSPS) is 9.27.